The molecular weight excluding hydrogens is 809 g/mol. The molecule has 4 N–H and O–H groups in total. The van der Waals surface area contributed by atoms with Gasteiger partial charge < -0.3 is 29.9 Å². The maximum Gasteiger partial charge on any atom is 0.132 e. The van der Waals surface area contributed by atoms with Crippen molar-refractivity contribution in [3.8, 4) is 0 Å². The van der Waals surface area contributed by atoms with E-state index in [1.54, 1.807) is 6.92 Å². The Morgan fingerprint density at radius 3 is 1.85 bits per heavy atom. The Morgan fingerprint density at radius 2 is 1.22 bits per heavy atom. The van der Waals surface area contributed by atoms with E-state index in [9.17, 15) is 25.2 Å². The molecular formula is C58H106O7. The van der Waals surface area contributed by atoms with Gasteiger partial charge in [0.05, 0.1) is 45.8 Å². The molecule has 0 spiro atoms. The van der Waals surface area contributed by atoms with E-state index < -0.39 is 22.4 Å². The van der Waals surface area contributed by atoms with Gasteiger partial charge in [-0.2, -0.15) is 0 Å². The van der Waals surface area contributed by atoms with Crippen LogP contribution in [0.2, 0.25) is 0 Å². The van der Waals surface area contributed by atoms with E-state index in [4.69, 9.17) is 9.47 Å². The molecule has 2 aliphatic carbocycles. The Balaban J connectivity index is 0.000000285. The lowest BCUT2D eigenvalue weighted by atomic mass is 9.65. The second-order valence-electron chi connectivity index (χ2n) is 25.8. The van der Waals surface area contributed by atoms with Crippen LogP contribution in [0.5, 0.6) is 0 Å². The van der Waals surface area contributed by atoms with Crippen LogP contribution in [0.25, 0.3) is 0 Å². The number of carbonyl (C=O) groups excluding carboxylic acids is 1. The molecule has 3 aliphatic heterocycles. The van der Waals surface area contributed by atoms with E-state index in [1.165, 1.54) is 44.9 Å². The first-order valence-corrected chi connectivity index (χ1v) is 27.6. The van der Waals surface area contributed by atoms with E-state index in [0.717, 1.165) is 114 Å². The van der Waals surface area contributed by atoms with Gasteiger partial charge in [-0.05, 0) is 238 Å². The van der Waals surface area contributed by atoms with E-state index in [2.05, 4.69) is 60.6 Å². The number of ketones is 1. The van der Waals surface area contributed by atoms with E-state index in [0.29, 0.717) is 61.1 Å². The zero-order valence-electron chi connectivity index (χ0n) is 44.7. The second-order valence-corrected chi connectivity index (χ2v) is 25.8. The Kier molecular flexibility index (Phi) is 21.2. The quantitative estimate of drug-likeness (QED) is 0.136. The van der Waals surface area contributed by atoms with Crippen LogP contribution in [-0.4, -0.2) is 72.0 Å². The molecule has 1 saturated carbocycles. The molecule has 3 saturated heterocycles. The molecule has 0 aromatic rings. The number of rotatable bonds is 13. The number of allylic oxidation sites excluding steroid dienone is 1. The van der Waals surface area contributed by atoms with Crippen LogP contribution in [0.1, 0.15) is 251 Å². The number of hydrogen-bond acceptors (Lipinski definition) is 7. The lowest BCUT2D eigenvalue weighted by molar-refractivity contribution is -0.188. The average molecular weight is 915 g/mol. The zero-order chi connectivity index (χ0) is 48.4. The minimum atomic E-state index is -0.727. The molecule has 7 heteroatoms. The number of aliphatic hydroxyl groups is 4. The van der Waals surface area contributed by atoms with Crippen LogP contribution in [0.4, 0.5) is 0 Å². The summed E-state index contributed by atoms with van der Waals surface area (Å²) in [6, 6.07) is 0. The summed E-state index contributed by atoms with van der Waals surface area (Å²) < 4.78 is 13.6. The molecule has 5 aliphatic rings. The van der Waals surface area contributed by atoms with Crippen molar-refractivity contribution in [2.75, 3.05) is 0 Å². The monoisotopic (exact) mass is 915 g/mol. The Hall–Kier alpha value is -0.830. The summed E-state index contributed by atoms with van der Waals surface area (Å²) in [5, 5.41) is 43.5. The Morgan fingerprint density at radius 1 is 0.646 bits per heavy atom. The van der Waals surface area contributed by atoms with Crippen LogP contribution in [0, 0.1) is 53.3 Å². The number of fused-ring (bicyclic) bond motifs is 3. The van der Waals surface area contributed by atoms with Crippen molar-refractivity contribution in [3.63, 3.8) is 0 Å². The van der Waals surface area contributed by atoms with Crippen molar-refractivity contribution >= 4 is 5.78 Å². The first-order chi connectivity index (χ1) is 30.1. The highest BCUT2D eigenvalue weighted by Gasteiger charge is 2.46. The molecule has 65 heavy (non-hydrogen) atoms. The SMILES string of the molecule is CC(=O)C(C)CCCC(C)(O)CCCC(C)(O)CCCC1(C)CCC2C=CC(C)C(C)C2O1.CC1CCCC(C)(O)CCCC(C)(O)CCCC2(C)CCC3CCC(CC1C)C(C)C3O2. The number of carbonyl (C=O) groups is 1. The van der Waals surface area contributed by atoms with Crippen molar-refractivity contribution in [2.24, 2.45) is 53.3 Å². The first kappa shape index (κ1) is 56.8. The van der Waals surface area contributed by atoms with E-state index >= 15 is 0 Å². The highest BCUT2D eigenvalue weighted by Crippen LogP contribution is 2.49. The van der Waals surface area contributed by atoms with E-state index in [1.807, 2.05) is 34.6 Å². The fraction of sp³-hybridized carbons (Fsp3) is 0.948. The summed E-state index contributed by atoms with van der Waals surface area (Å²) in [5.74, 6) is 5.60. The molecule has 3 bridgehead atoms. The minimum absolute atomic E-state index is 0.0289. The average Bonchev–Trinajstić information content (AvgIpc) is 3.20. The van der Waals surface area contributed by atoms with Crippen molar-refractivity contribution in [1.82, 2.24) is 0 Å². The van der Waals surface area contributed by atoms with Crippen molar-refractivity contribution in [3.05, 3.63) is 12.2 Å². The molecule has 7 nitrogen and oxygen atoms in total. The summed E-state index contributed by atoms with van der Waals surface area (Å²) in [4.78, 5) is 11.4. The standard InChI is InChI=1S/C29H52O4.C29H54O3/c1-21-12-13-25-14-20-29(7,33-26(25)23(21)3)19-10-18-28(6,32)17-9-16-27(5,31)15-8-11-22(2)24(4)30;1-21-10-7-14-27(4,30)15-8-16-28(5,31)17-9-18-29(6)19-13-24-11-12-25(20-22(21)2)23(3)26(24)32-29/h12-13,21-23,25-26,31-32H,8-11,14-20H2,1-7H3;21-26,30-31H,7-20H2,1-6H3. The molecule has 0 aromatic heterocycles. The van der Waals surface area contributed by atoms with Crippen LogP contribution >= 0.6 is 0 Å². The van der Waals surface area contributed by atoms with E-state index in [-0.39, 0.29) is 22.9 Å². The van der Waals surface area contributed by atoms with Gasteiger partial charge in [0.1, 0.15) is 5.78 Å². The molecule has 17 unspecified atom stereocenters. The summed E-state index contributed by atoms with van der Waals surface area (Å²) in [6.07, 6.45) is 30.1. The summed E-state index contributed by atoms with van der Waals surface area (Å²) in [7, 11) is 0. The zero-order valence-corrected chi connectivity index (χ0v) is 44.7. The second kappa shape index (κ2) is 24.3. The lowest BCUT2D eigenvalue weighted by Gasteiger charge is -2.51. The van der Waals surface area contributed by atoms with Gasteiger partial charge in [0.2, 0.25) is 0 Å². The smallest absolute Gasteiger partial charge is 0.132 e. The maximum absolute atomic E-state index is 11.4. The minimum Gasteiger partial charge on any atom is -0.390 e. The molecule has 4 fully saturated rings. The third kappa shape index (κ3) is 18.5. The fourth-order valence-electron chi connectivity index (χ4n) is 12.9. The molecule has 0 radical (unpaired) electrons. The number of Topliss-reactive ketones (excluding diaryl/α,β-unsaturated/α-hetero) is 1. The largest absolute Gasteiger partial charge is 0.390 e. The highest BCUT2D eigenvalue weighted by molar-refractivity contribution is 5.77. The van der Waals surface area contributed by atoms with Crippen LogP contribution in [0.3, 0.4) is 0 Å². The third-order valence-corrected chi connectivity index (χ3v) is 18.7. The highest BCUT2D eigenvalue weighted by atomic mass is 16.5. The number of ether oxygens (including phenoxy) is 2. The van der Waals surface area contributed by atoms with Gasteiger partial charge in [-0.25, -0.2) is 0 Å². The van der Waals surface area contributed by atoms with Gasteiger partial charge in [-0.15, -0.1) is 0 Å². The first-order valence-electron chi connectivity index (χ1n) is 27.6. The molecule has 380 valence electrons. The maximum atomic E-state index is 11.4. The topological polar surface area (TPSA) is 116 Å². The summed E-state index contributed by atoms with van der Waals surface area (Å²) in [6.45, 7) is 27.9. The van der Waals surface area contributed by atoms with Gasteiger partial charge in [0.25, 0.3) is 0 Å². The van der Waals surface area contributed by atoms with Gasteiger partial charge in [0, 0.05) is 11.8 Å². The molecule has 3 heterocycles. The van der Waals surface area contributed by atoms with Gasteiger partial charge in [-0.1, -0.05) is 66.5 Å². The van der Waals surface area contributed by atoms with Crippen LogP contribution in [0.15, 0.2) is 12.2 Å². The van der Waals surface area contributed by atoms with Crippen molar-refractivity contribution in [2.45, 2.75) is 296 Å². The van der Waals surface area contributed by atoms with Crippen LogP contribution in [-0.2, 0) is 14.3 Å². The molecule has 5 rings (SSSR count). The predicted octanol–water partition coefficient (Wildman–Crippen LogP) is 13.9. The van der Waals surface area contributed by atoms with Gasteiger partial charge in [-0.3, -0.25) is 4.79 Å². The Labute approximate surface area is 400 Å². The van der Waals surface area contributed by atoms with Gasteiger partial charge >= 0.3 is 0 Å². The normalized spacial score (nSPS) is 42.1. The van der Waals surface area contributed by atoms with Crippen molar-refractivity contribution in [1.29, 1.82) is 0 Å². The summed E-state index contributed by atoms with van der Waals surface area (Å²) in [5.41, 5.74) is -2.79. The Bertz CT molecular complexity index is 1450. The molecule has 0 amide bonds. The van der Waals surface area contributed by atoms with Crippen molar-refractivity contribution < 1.29 is 34.7 Å². The fourth-order valence-corrected chi connectivity index (χ4v) is 12.9. The summed E-state index contributed by atoms with van der Waals surface area (Å²) >= 11 is 0. The molecule has 17 atom stereocenters. The van der Waals surface area contributed by atoms with Gasteiger partial charge in [0.15, 0.2) is 0 Å². The third-order valence-electron chi connectivity index (χ3n) is 18.7. The van der Waals surface area contributed by atoms with Crippen LogP contribution < -0.4 is 0 Å². The predicted molar refractivity (Wildman–Crippen MR) is 270 cm³/mol. The molecule has 0 aromatic carbocycles. The lowest BCUT2D eigenvalue weighted by Crippen LogP contribution is -2.50. The number of hydrogen-bond donors (Lipinski definition) is 4.